The van der Waals surface area contributed by atoms with Crippen LogP contribution in [0.1, 0.15) is 31.4 Å². The molecule has 1 saturated heterocycles. The van der Waals surface area contributed by atoms with Crippen molar-refractivity contribution < 1.29 is 9.53 Å². The van der Waals surface area contributed by atoms with E-state index in [0.29, 0.717) is 11.9 Å². The van der Waals surface area contributed by atoms with Gasteiger partial charge in [-0.25, -0.2) is 0 Å². The minimum atomic E-state index is -0.000370. The second-order valence-electron chi connectivity index (χ2n) is 6.85. The van der Waals surface area contributed by atoms with E-state index in [-0.39, 0.29) is 24.0 Å². The number of carbonyl (C=O) groups is 1. The lowest BCUT2D eigenvalue weighted by Crippen LogP contribution is -2.34. The smallest absolute Gasteiger partial charge is 0.242 e. The fraction of sp³-hybridized carbons (Fsp3) is 0.500. The van der Waals surface area contributed by atoms with Crippen LogP contribution in [0.15, 0.2) is 35.1 Å². The molecule has 1 aromatic carbocycles. The number of likely N-dealkylation sites (N-methyl/N-ethyl adjacent to an activating group) is 1. The molecule has 25 heavy (non-hydrogen) atoms. The molecule has 3 rings (SSSR count). The van der Waals surface area contributed by atoms with Crippen LogP contribution in [0.3, 0.4) is 0 Å². The quantitative estimate of drug-likeness (QED) is 0.839. The van der Waals surface area contributed by atoms with Crippen molar-refractivity contribution in [1.82, 2.24) is 9.47 Å². The zero-order valence-electron chi connectivity index (χ0n) is 15.0. The van der Waals surface area contributed by atoms with Crippen LogP contribution in [0.4, 0.5) is 0 Å². The molecule has 0 radical (unpaired) electrons. The van der Waals surface area contributed by atoms with Crippen LogP contribution in [0.2, 0.25) is 0 Å². The molecule has 0 bridgehead atoms. The third-order valence-electron chi connectivity index (χ3n) is 5.01. The van der Waals surface area contributed by atoms with Gasteiger partial charge in [0.15, 0.2) is 5.43 Å². The number of hydrogen-bond donors (Lipinski definition) is 0. The highest BCUT2D eigenvalue weighted by atomic mass is 16.5. The number of benzene rings is 1. The Morgan fingerprint density at radius 3 is 2.88 bits per heavy atom. The number of fused-ring (bicyclic) bond motifs is 1. The monoisotopic (exact) mass is 342 g/mol. The molecule has 0 spiro atoms. The van der Waals surface area contributed by atoms with Crippen molar-refractivity contribution in [2.75, 3.05) is 20.2 Å². The number of carbonyl (C=O) groups excluding carboxylic acids is 1. The zero-order chi connectivity index (χ0) is 17.8. The number of aryl methyl sites for hydroxylation is 1. The molecule has 0 N–H and O–H groups in total. The molecule has 134 valence electrons. The summed E-state index contributed by atoms with van der Waals surface area (Å²) >= 11 is 0. The van der Waals surface area contributed by atoms with Crippen molar-refractivity contribution in [1.29, 1.82) is 0 Å². The number of rotatable bonds is 5. The first kappa shape index (κ1) is 17.7. The lowest BCUT2D eigenvalue weighted by molar-refractivity contribution is -0.131. The highest BCUT2D eigenvalue weighted by molar-refractivity contribution is 5.82. The van der Waals surface area contributed by atoms with E-state index in [1.165, 1.54) is 6.42 Å². The molecular formula is C20H26N2O3. The van der Waals surface area contributed by atoms with E-state index in [1.807, 2.05) is 42.8 Å². The lowest BCUT2D eigenvalue weighted by atomic mass is 10.1. The summed E-state index contributed by atoms with van der Waals surface area (Å²) in [6.45, 7) is 3.65. The van der Waals surface area contributed by atoms with Gasteiger partial charge in [0.1, 0.15) is 6.54 Å². The number of amides is 1. The van der Waals surface area contributed by atoms with E-state index < -0.39 is 0 Å². The van der Waals surface area contributed by atoms with Crippen molar-refractivity contribution in [3.05, 3.63) is 46.2 Å². The standard InChI is InChI=1S/C20H26N2O3/c1-15-13-19(23)17-8-3-4-9-18(17)22(15)14-20(24)21(2)11-10-16-7-5-6-12-25-16/h3-4,8-9,13,16H,5-7,10-12,14H2,1-2H3/t16-/m0/s1. The molecule has 0 saturated carbocycles. The maximum absolute atomic E-state index is 12.7. The number of hydrogen-bond acceptors (Lipinski definition) is 3. The molecule has 1 atom stereocenters. The van der Waals surface area contributed by atoms with Crippen LogP contribution >= 0.6 is 0 Å². The SMILES string of the molecule is Cc1cc(=O)c2ccccc2n1CC(=O)N(C)CC[C@@H]1CCCCO1. The summed E-state index contributed by atoms with van der Waals surface area (Å²) in [5, 5.41) is 0.652. The number of para-hydroxylation sites is 1. The lowest BCUT2D eigenvalue weighted by Gasteiger charge is -2.26. The first-order valence-electron chi connectivity index (χ1n) is 9.01. The summed E-state index contributed by atoms with van der Waals surface area (Å²) in [5.41, 5.74) is 1.62. The van der Waals surface area contributed by atoms with Gasteiger partial charge in [0.2, 0.25) is 5.91 Å². The van der Waals surface area contributed by atoms with E-state index in [4.69, 9.17) is 4.74 Å². The second-order valence-corrected chi connectivity index (χ2v) is 6.85. The average Bonchev–Trinajstić information content (AvgIpc) is 2.63. The first-order chi connectivity index (χ1) is 12.1. The summed E-state index contributed by atoms with van der Waals surface area (Å²) in [5.74, 6) is 0.0488. The molecule has 2 aromatic rings. The molecule has 5 heteroatoms. The van der Waals surface area contributed by atoms with Gasteiger partial charge < -0.3 is 14.2 Å². The van der Waals surface area contributed by atoms with Gasteiger partial charge in [-0.1, -0.05) is 12.1 Å². The molecule has 0 aliphatic carbocycles. The molecule has 1 amide bonds. The van der Waals surface area contributed by atoms with Gasteiger partial charge in [0.05, 0.1) is 11.6 Å². The fourth-order valence-corrected chi connectivity index (χ4v) is 3.42. The summed E-state index contributed by atoms with van der Waals surface area (Å²) in [7, 11) is 1.84. The number of pyridine rings is 1. The average molecular weight is 342 g/mol. The maximum Gasteiger partial charge on any atom is 0.242 e. The zero-order valence-corrected chi connectivity index (χ0v) is 15.0. The molecule has 2 heterocycles. The van der Waals surface area contributed by atoms with E-state index >= 15 is 0 Å². The summed E-state index contributed by atoms with van der Waals surface area (Å²) < 4.78 is 7.66. The second kappa shape index (κ2) is 7.83. The van der Waals surface area contributed by atoms with Crippen molar-refractivity contribution in [2.45, 2.75) is 45.3 Å². The van der Waals surface area contributed by atoms with Gasteiger partial charge in [0.25, 0.3) is 0 Å². The van der Waals surface area contributed by atoms with Gasteiger partial charge in [-0.3, -0.25) is 9.59 Å². The molecule has 1 aliphatic heterocycles. The van der Waals surface area contributed by atoms with Gasteiger partial charge in [-0.05, 0) is 44.7 Å². The number of nitrogens with zero attached hydrogens (tertiary/aromatic N) is 2. The fourth-order valence-electron chi connectivity index (χ4n) is 3.42. The Balaban J connectivity index is 1.70. The van der Waals surface area contributed by atoms with Crippen LogP contribution in [0, 0.1) is 6.92 Å². The predicted molar refractivity (Wildman–Crippen MR) is 98.8 cm³/mol. The van der Waals surface area contributed by atoms with Crippen LogP contribution in [-0.2, 0) is 16.1 Å². The van der Waals surface area contributed by atoms with Gasteiger partial charge >= 0.3 is 0 Å². The summed E-state index contributed by atoms with van der Waals surface area (Å²) in [6, 6.07) is 9.05. The number of aromatic nitrogens is 1. The Bertz CT molecular complexity index is 806. The topological polar surface area (TPSA) is 51.5 Å². The molecule has 1 aliphatic rings. The third-order valence-corrected chi connectivity index (χ3v) is 5.01. The third kappa shape index (κ3) is 4.10. The Kier molecular flexibility index (Phi) is 5.53. The van der Waals surface area contributed by atoms with Crippen LogP contribution in [0.25, 0.3) is 10.9 Å². The predicted octanol–water partition coefficient (Wildman–Crippen LogP) is 2.73. The largest absolute Gasteiger partial charge is 0.378 e. The van der Waals surface area contributed by atoms with Gasteiger partial charge in [-0.15, -0.1) is 0 Å². The van der Waals surface area contributed by atoms with Crippen LogP contribution in [-0.4, -0.2) is 41.7 Å². The van der Waals surface area contributed by atoms with E-state index in [2.05, 4.69) is 0 Å². The normalized spacial score (nSPS) is 17.6. The van der Waals surface area contributed by atoms with Crippen molar-refractivity contribution in [3.63, 3.8) is 0 Å². The minimum Gasteiger partial charge on any atom is -0.378 e. The highest BCUT2D eigenvalue weighted by Crippen LogP contribution is 2.16. The first-order valence-corrected chi connectivity index (χ1v) is 9.01. The molecule has 1 fully saturated rings. The Morgan fingerprint density at radius 1 is 1.32 bits per heavy atom. The molecule has 5 nitrogen and oxygen atoms in total. The van der Waals surface area contributed by atoms with Crippen molar-refractivity contribution in [3.8, 4) is 0 Å². The van der Waals surface area contributed by atoms with E-state index in [9.17, 15) is 9.59 Å². The van der Waals surface area contributed by atoms with Crippen molar-refractivity contribution in [2.24, 2.45) is 0 Å². The molecule has 0 unspecified atom stereocenters. The Morgan fingerprint density at radius 2 is 2.12 bits per heavy atom. The van der Waals surface area contributed by atoms with Crippen LogP contribution in [0.5, 0.6) is 0 Å². The Labute approximate surface area is 148 Å². The molecular weight excluding hydrogens is 316 g/mol. The highest BCUT2D eigenvalue weighted by Gasteiger charge is 2.17. The van der Waals surface area contributed by atoms with E-state index in [0.717, 1.165) is 37.1 Å². The number of ether oxygens (including phenoxy) is 1. The summed E-state index contributed by atoms with van der Waals surface area (Å²) in [6.07, 6.45) is 4.60. The Hall–Kier alpha value is -2.14. The summed E-state index contributed by atoms with van der Waals surface area (Å²) in [4.78, 5) is 26.5. The van der Waals surface area contributed by atoms with Gasteiger partial charge in [-0.2, -0.15) is 0 Å². The maximum atomic E-state index is 12.7. The van der Waals surface area contributed by atoms with E-state index in [1.54, 1.807) is 11.0 Å². The minimum absolute atomic E-state index is 0.000370. The molecule has 1 aromatic heterocycles. The van der Waals surface area contributed by atoms with Crippen LogP contribution < -0.4 is 5.43 Å². The van der Waals surface area contributed by atoms with Crippen molar-refractivity contribution >= 4 is 16.8 Å². The van der Waals surface area contributed by atoms with Gasteiger partial charge in [0, 0.05) is 37.3 Å².